The van der Waals surface area contributed by atoms with Crippen molar-refractivity contribution in [1.29, 1.82) is 0 Å². The summed E-state index contributed by atoms with van der Waals surface area (Å²) in [5.41, 5.74) is 0.0442. The second-order valence-corrected chi connectivity index (χ2v) is 3.68. The van der Waals surface area contributed by atoms with Crippen molar-refractivity contribution in [2.45, 2.75) is 6.92 Å². The number of rotatable bonds is 2. The molecule has 1 aromatic carbocycles. The van der Waals surface area contributed by atoms with E-state index in [2.05, 4.69) is 11.0 Å². The van der Waals surface area contributed by atoms with Gasteiger partial charge in [-0.2, -0.15) is 0 Å². The van der Waals surface area contributed by atoms with Gasteiger partial charge in [-0.05, 0) is 24.6 Å². The van der Waals surface area contributed by atoms with Gasteiger partial charge in [0.1, 0.15) is 0 Å². The molecule has 1 radical (unpaired) electrons. The van der Waals surface area contributed by atoms with Crippen LogP contribution in [-0.4, -0.2) is 18.9 Å². The summed E-state index contributed by atoms with van der Waals surface area (Å²) in [6, 6.07) is 3.79. The molecule has 0 saturated heterocycles. The number of ketones is 1. The van der Waals surface area contributed by atoms with Gasteiger partial charge in [0.2, 0.25) is 0 Å². The number of benzene rings is 1. The van der Waals surface area contributed by atoms with Crippen LogP contribution in [-0.2, 0) is 4.74 Å². The number of fused-ring (bicyclic) bond motifs is 1. The molecule has 0 aliphatic rings. The van der Waals surface area contributed by atoms with E-state index < -0.39 is 5.97 Å². The zero-order chi connectivity index (χ0) is 13.3. The first-order valence-corrected chi connectivity index (χ1v) is 5.12. The van der Waals surface area contributed by atoms with E-state index in [1.165, 1.54) is 26.2 Å². The van der Waals surface area contributed by atoms with Crippen molar-refractivity contribution in [2.24, 2.45) is 0 Å². The Balaban J connectivity index is 0.00000180. The van der Waals surface area contributed by atoms with Gasteiger partial charge in [-0.1, -0.05) is 12.1 Å². The quantitative estimate of drug-likeness (QED) is 0.358. The molecule has 0 amide bonds. The summed E-state index contributed by atoms with van der Waals surface area (Å²) in [7, 11) is 1.22. The van der Waals surface area contributed by atoms with Gasteiger partial charge in [-0.3, -0.25) is 4.79 Å². The monoisotopic (exact) mass is 497 g/mol. The van der Waals surface area contributed by atoms with Gasteiger partial charge >= 0.3 is 5.97 Å². The molecule has 1 aromatic heterocycles. The first-order valence-electron chi connectivity index (χ1n) is 5.12. The number of carbonyl (C=O) groups excluding carboxylic acids is 2. The Hall–Kier alpha value is -3.43. The third-order valence-electron chi connectivity index (χ3n) is 2.51. The Kier molecular flexibility index (Phi) is 3.47. The number of ether oxygens (including phenoxy) is 1. The number of esters is 1. The van der Waals surface area contributed by atoms with E-state index in [-0.39, 0.29) is 33.3 Å². The van der Waals surface area contributed by atoms with Crippen LogP contribution in [0, 0.1) is 6.26 Å². The number of methoxy groups -OCH3 is 1. The molecule has 0 fully saturated rings. The van der Waals surface area contributed by atoms with Gasteiger partial charge in [0, 0.05) is 11.1 Å². The Bertz CT molecular complexity index is 702. The summed E-state index contributed by atoms with van der Waals surface area (Å²) in [5.74, 6) is -0.930. The molecule has 0 spiro atoms. The van der Waals surface area contributed by atoms with Crippen LogP contribution in [0.25, 0.3) is 11.0 Å². The molecule has 6 heteroatoms. The van der Waals surface area contributed by atoms with Crippen LogP contribution in [0.3, 0.4) is 0 Å². The molecule has 19 heavy (non-hydrogen) atoms. The van der Waals surface area contributed by atoms with Gasteiger partial charge in [0.25, 0.3) is 0 Å². The second-order valence-electron chi connectivity index (χ2n) is 3.68. The number of Topliss-reactive ketones (excluding diaryl/α,β-unsaturated/α-hetero) is 1. The van der Waals surface area contributed by atoms with Crippen LogP contribution < -0.4 is 5.43 Å². The summed E-state index contributed by atoms with van der Waals surface area (Å²) < 4.78 is 9.62. The molecular weight excluding hydrogens is 488 g/mol. The van der Waals surface area contributed by atoms with E-state index in [1.807, 2.05) is 0 Å². The molecule has 2 aromatic rings. The average Bonchev–Trinajstić information content (AvgIpc) is 2.37. The molecule has 0 bridgehead atoms. The number of hydrogen-bond donors (Lipinski definition) is 0. The van der Waals surface area contributed by atoms with Crippen LogP contribution in [0.4, 0.5) is 0 Å². The predicted molar refractivity (Wildman–Crippen MR) is 62.7 cm³/mol. The molecule has 0 N–H and O–H groups in total. The average molecular weight is 497 g/mol. The van der Waals surface area contributed by atoms with Crippen LogP contribution in [0.2, 0.25) is 0 Å². The summed E-state index contributed by atoms with van der Waals surface area (Å²) >= 11 is 0. The maximum absolute atomic E-state index is 11.7. The van der Waals surface area contributed by atoms with Gasteiger partial charge in [0.05, 0.1) is 18.1 Å². The first-order chi connectivity index (χ1) is 8.54. The van der Waals surface area contributed by atoms with E-state index in [0.29, 0.717) is 0 Å². The molecule has 2 rings (SSSR count). The minimum absolute atomic E-state index is 0. The van der Waals surface area contributed by atoms with E-state index in [0.717, 1.165) is 6.07 Å². The first kappa shape index (κ1) is 13.6. The normalized spacial score (nSPS) is 9.79. The number of carbonyl (C=O) groups is 2. The van der Waals surface area contributed by atoms with E-state index in [1.54, 1.807) is 0 Å². The van der Waals surface area contributed by atoms with Crippen molar-refractivity contribution in [3.05, 3.63) is 45.8 Å². The van der Waals surface area contributed by atoms with Crippen molar-refractivity contribution in [1.82, 2.24) is 0 Å². The van der Waals surface area contributed by atoms with Crippen LogP contribution in [0.15, 0.2) is 27.4 Å². The molecule has 0 aliphatic carbocycles. The van der Waals surface area contributed by atoms with Crippen molar-refractivity contribution in [2.75, 3.05) is 7.11 Å². The second kappa shape index (κ2) is 4.83. The van der Waals surface area contributed by atoms with E-state index in [9.17, 15) is 14.4 Å². The fraction of sp³-hybridized carbons (Fsp3) is 0.154. The third-order valence-corrected chi connectivity index (χ3v) is 2.51. The van der Waals surface area contributed by atoms with Crippen LogP contribution in [0.5, 0.6) is 0 Å². The van der Waals surface area contributed by atoms with Crippen molar-refractivity contribution in [3.63, 3.8) is 0 Å². The molecule has 0 aliphatic heterocycles. The summed E-state index contributed by atoms with van der Waals surface area (Å²) in [5, 5.41) is 0.154. The Labute approximate surface area is 102 Å². The Morgan fingerprint density at radius 3 is 2.58 bits per heavy atom. The largest absolute Gasteiger partial charge is 0.580 e. The molecule has 1 heterocycles. The molecule has 5 nitrogen and oxygen atoms in total. The fourth-order valence-corrected chi connectivity index (χ4v) is 1.64. The van der Waals surface area contributed by atoms with Crippen molar-refractivity contribution < 1.29 is 18.7 Å². The minimum atomic E-state index is -0.619. The van der Waals surface area contributed by atoms with E-state index in [4.69, 9.17) is 4.42 Å². The fourth-order valence-electron chi connectivity index (χ4n) is 1.64. The molecule has 0 unspecified atom stereocenters. The summed E-state index contributed by atoms with van der Waals surface area (Å²) in [6.07, 6.45) is 2.31. The van der Waals surface area contributed by atoms with Crippen LogP contribution in [0.1, 0.15) is 27.6 Å². The van der Waals surface area contributed by atoms with Gasteiger partial charge in [0.15, 0.2) is 5.78 Å². The zero-order valence-electron chi connectivity index (χ0n) is 10.1. The maximum Gasteiger partial charge on any atom is 0.337 e. The SMILES string of the molecule is COC(=O)c1cc(C(C)=O)c2o[c-]cc(=O)c2c1.[Es]. The zero-order valence-corrected chi connectivity index (χ0v) is 12.6. The molecule has 0 atom stereocenters. The van der Waals surface area contributed by atoms with Crippen molar-refractivity contribution in [3.8, 4) is 0 Å². The number of hydrogen-bond acceptors (Lipinski definition) is 5. The Morgan fingerprint density at radius 2 is 2.00 bits per heavy atom. The minimum Gasteiger partial charge on any atom is -0.580 e. The summed E-state index contributed by atoms with van der Waals surface area (Å²) in [4.78, 5) is 34.6. The molecule has 103 valence electrons. The van der Waals surface area contributed by atoms with E-state index >= 15 is 0 Å². The molecular formula is C13H9EsO5-. The third kappa shape index (κ3) is 2.17. The topological polar surface area (TPSA) is 73.6 Å². The van der Waals surface area contributed by atoms with Gasteiger partial charge in [-0.25, -0.2) is 4.79 Å². The Morgan fingerprint density at radius 1 is 1.32 bits per heavy atom. The van der Waals surface area contributed by atoms with Crippen molar-refractivity contribution >= 4 is 22.7 Å². The summed E-state index contributed by atoms with van der Waals surface area (Å²) in [6.45, 7) is 1.32. The van der Waals surface area contributed by atoms with Gasteiger partial charge in [-0.15, -0.1) is 0 Å². The predicted octanol–water partition coefficient (Wildman–Crippen LogP) is 1.58. The van der Waals surface area contributed by atoms with Gasteiger partial charge < -0.3 is 13.9 Å². The molecule has 0 saturated carbocycles. The standard InChI is InChI=1S/C13H9O5.Es/c1-7(14)9-5-8(13(16)17-2)6-10-11(15)3-4-18-12(9)10;/h3,5-6H,1-2H3;/q-1;. The van der Waals surface area contributed by atoms with Crippen LogP contribution >= 0.6 is 0 Å². The maximum atomic E-state index is 11.7. The smallest absolute Gasteiger partial charge is 0.337 e.